The third-order valence-electron chi connectivity index (χ3n) is 3.61. The van der Waals surface area contributed by atoms with Gasteiger partial charge >= 0.3 is 0 Å². The zero-order chi connectivity index (χ0) is 13.8. The Morgan fingerprint density at radius 3 is 2.58 bits per heavy atom. The van der Waals surface area contributed by atoms with Crippen LogP contribution in [0.5, 0.6) is 0 Å². The highest BCUT2D eigenvalue weighted by Gasteiger charge is 2.39. The van der Waals surface area contributed by atoms with Crippen LogP contribution in [0.2, 0.25) is 0 Å². The van der Waals surface area contributed by atoms with Crippen molar-refractivity contribution in [2.24, 2.45) is 5.92 Å². The molecule has 0 radical (unpaired) electrons. The number of benzene rings is 1. The fourth-order valence-electron chi connectivity index (χ4n) is 2.82. The quantitative estimate of drug-likeness (QED) is 0.882. The topological polar surface area (TPSA) is 32.3 Å². The lowest BCUT2D eigenvalue weighted by Gasteiger charge is -2.26. The van der Waals surface area contributed by atoms with Crippen LogP contribution in [0, 0.1) is 5.92 Å². The molecule has 2 atom stereocenters. The van der Waals surface area contributed by atoms with E-state index in [9.17, 15) is 4.79 Å². The molecule has 1 aliphatic rings. The first-order valence-electron chi connectivity index (χ1n) is 7.22. The number of likely N-dealkylation sites (N-methyl/N-ethyl adjacent to an activating group) is 1. The van der Waals surface area contributed by atoms with Crippen molar-refractivity contribution in [2.45, 2.75) is 39.3 Å². The smallest absolute Gasteiger partial charge is 0.240 e. The van der Waals surface area contributed by atoms with Crippen LogP contribution in [-0.4, -0.2) is 29.9 Å². The largest absolute Gasteiger partial charge is 0.334 e. The van der Waals surface area contributed by atoms with E-state index in [2.05, 4.69) is 38.2 Å². The summed E-state index contributed by atoms with van der Waals surface area (Å²) in [6.07, 6.45) is 0.878. The fraction of sp³-hybridized carbons (Fsp3) is 0.562. The van der Waals surface area contributed by atoms with Gasteiger partial charge in [-0.1, -0.05) is 51.1 Å². The first-order chi connectivity index (χ1) is 9.13. The van der Waals surface area contributed by atoms with E-state index in [0.717, 1.165) is 19.5 Å². The van der Waals surface area contributed by atoms with E-state index in [1.54, 1.807) is 0 Å². The Labute approximate surface area is 116 Å². The molecule has 0 unspecified atom stereocenters. The van der Waals surface area contributed by atoms with Gasteiger partial charge < -0.3 is 10.2 Å². The number of carbonyl (C=O) groups excluding carboxylic acids is 1. The molecule has 3 nitrogen and oxygen atoms in total. The second kappa shape index (κ2) is 6.20. The Morgan fingerprint density at radius 1 is 1.32 bits per heavy atom. The summed E-state index contributed by atoms with van der Waals surface area (Å²) >= 11 is 0. The molecule has 0 aromatic heterocycles. The highest BCUT2D eigenvalue weighted by molar-refractivity contribution is 5.84. The van der Waals surface area contributed by atoms with Crippen molar-refractivity contribution in [3.8, 4) is 0 Å². The lowest BCUT2D eigenvalue weighted by atomic mass is 10.0. The van der Waals surface area contributed by atoms with E-state index in [0.29, 0.717) is 5.92 Å². The molecule has 1 fully saturated rings. The second-order valence-electron chi connectivity index (χ2n) is 5.66. The van der Waals surface area contributed by atoms with E-state index in [4.69, 9.17) is 0 Å². The first-order valence-corrected chi connectivity index (χ1v) is 7.22. The molecule has 0 bridgehead atoms. The van der Waals surface area contributed by atoms with E-state index < -0.39 is 0 Å². The molecule has 0 spiro atoms. The van der Waals surface area contributed by atoms with Gasteiger partial charge in [-0.25, -0.2) is 0 Å². The van der Waals surface area contributed by atoms with Crippen LogP contribution in [0.1, 0.15) is 38.8 Å². The normalized spacial score (nSPS) is 23.4. The van der Waals surface area contributed by atoms with Crippen molar-refractivity contribution >= 4 is 5.91 Å². The van der Waals surface area contributed by atoms with E-state index >= 15 is 0 Å². The van der Waals surface area contributed by atoms with Crippen LogP contribution in [0.15, 0.2) is 30.3 Å². The van der Waals surface area contributed by atoms with Crippen LogP contribution < -0.4 is 5.32 Å². The monoisotopic (exact) mass is 260 g/mol. The third-order valence-corrected chi connectivity index (χ3v) is 3.61. The average Bonchev–Trinajstić information content (AvgIpc) is 2.69. The van der Waals surface area contributed by atoms with Crippen molar-refractivity contribution in [3.05, 3.63) is 35.9 Å². The maximum absolute atomic E-state index is 12.5. The maximum atomic E-state index is 12.5. The molecule has 1 aliphatic heterocycles. The lowest BCUT2D eigenvalue weighted by molar-refractivity contribution is -0.131. The molecule has 0 saturated carbocycles. The summed E-state index contributed by atoms with van der Waals surface area (Å²) in [6.45, 7) is 8.05. The molecule has 1 aromatic rings. The van der Waals surface area contributed by atoms with Crippen LogP contribution in [-0.2, 0) is 4.79 Å². The molecule has 1 amide bonds. The molecule has 1 saturated heterocycles. The summed E-state index contributed by atoms with van der Waals surface area (Å²) in [5.41, 5.74) is 1.25. The molecule has 19 heavy (non-hydrogen) atoms. The molecule has 2 rings (SSSR count). The highest BCUT2D eigenvalue weighted by Crippen LogP contribution is 2.33. The minimum Gasteiger partial charge on any atom is -0.334 e. The Kier molecular flexibility index (Phi) is 4.59. The SMILES string of the molecule is CCN[C@H]1C[C@@H](c2ccccc2)N(CC(C)C)C1=O. The Bertz CT molecular complexity index is 416. The number of hydrogen-bond acceptors (Lipinski definition) is 2. The van der Waals surface area contributed by atoms with Gasteiger partial charge in [0, 0.05) is 6.54 Å². The summed E-state index contributed by atoms with van der Waals surface area (Å²) in [7, 11) is 0. The first kappa shape index (κ1) is 14.1. The average molecular weight is 260 g/mol. The molecule has 104 valence electrons. The second-order valence-corrected chi connectivity index (χ2v) is 5.66. The number of nitrogens with zero attached hydrogens (tertiary/aromatic N) is 1. The standard InChI is InChI=1S/C16H24N2O/c1-4-17-14-10-15(13-8-6-5-7-9-13)18(16(14)19)11-12(2)3/h5-9,12,14-15,17H,4,10-11H2,1-3H3/t14-,15-/m0/s1. The number of likely N-dealkylation sites (tertiary alicyclic amines) is 1. The van der Waals surface area contributed by atoms with Gasteiger partial charge in [0.25, 0.3) is 0 Å². The van der Waals surface area contributed by atoms with Crippen LogP contribution in [0.25, 0.3) is 0 Å². The van der Waals surface area contributed by atoms with Gasteiger partial charge in [0.1, 0.15) is 0 Å². The summed E-state index contributed by atoms with van der Waals surface area (Å²) in [5.74, 6) is 0.750. The lowest BCUT2D eigenvalue weighted by Crippen LogP contribution is -2.39. The molecule has 1 N–H and O–H groups in total. The summed E-state index contributed by atoms with van der Waals surface area (Å²) < 4.78 is 0. The zero-order valence-electron chi connectivity index (χ0n) is 12.1. The predicted octanol–water partition coefficient (Wildman–Crippen LogP) is 2.59. The van der Waals surface area contributed by atoms with Gasteiger partial charge in [0.15, 0.2) is 0 Å². The minimum absolute atomic E-state index is 0.0195. The highest BCUT2D eigenvalue weighted by atomic mass is 16.2. The predicted molar refractivity (Wildman–Crippen MR) is 77.8 cm³/mol. The van der Waals surface area contributed by atoms with Crippen molar-refractivity contribution in [1.82, 2.24) is 10.2 Å². The number of amides is 1. The maximum Gasteiger partial charge on any atom is 0.240 e. The van der Waals surface area contributed by atoms with E-state index in [1.165, 1.54) is 5.56 Å². The number of nitrogens with one attached hydrogen (secondary N) is 1. The molecule has 3 heteroatoms. The zero-order valence-corrected chi connectivity index (χ0v) is 12.1. The number of rotatable bonds is 5. The van der Waals surface area contributed by atoms with Gasteiger partial charge in [-0.05, 0) is 24.4 Å². The van der Waals surface area contributed by atoms with Crippen LogP contribution in [0.4, 0.5) is 0 Å². The van der Waals surface area contributed by atoms with Crippen molar-refractivity contribution in [2.75, 3.05) is 13.1 Å². The van der Waals surface area contributed by atoms with Crippen LogP contribution >= 0.6 is 0 Å². The fourth-order valence-corrected chi connectivity index (χ4v) is 2.82. The third kappa shape index (κ3) is 3.16. The minimum atomic E-state index is -0.0195. The van der Waals surface area contributed by atoms with Gasteiger partial charge in [-0.3, -0.25) is 4.79 Å². The molecule has 1 aromatic carbocycles. The van der Waals surface area contributed by atoms with Crippen molar-refractivity contribution < 1.29 is 4.79 Å². The molecular formula is C16H24N2O. The van der Waals surface area contributed by atoms with Gasteiger partial charge in [0.05, 0.1) is 12.1 Å². The van der Waals surface area contributed by atoms with E-state index in [1.807, 2.05) is 23.1 Å². The summed E-state index contributed by atoms with van der Waals surface area (Å²) in [4.78, 5) is 14.5. The molecule has 0 aliphatic carbocycles. The summed E-state index contributed by atoms with van der Waals surface area (Å²) in [6, 6.07) is 10.6. The molecular weight excluding hydrogens is 236 g/mol. The van der Waals surface area contributed by atoms with Crippen molar-refractivity contribution in [3.63, 3.8) is 0 Å². The Balaban J connectivity index is 2.22. The van der Waals surface area contributed by atoms with Gasteiger partial charge in [-0.2, -0.15) is 0 Å². The van der Waals surface area contributed by atoms with Crippen molar-refractivity contribution in [1.29, 1.82) is 0 Å². The van der Waals surface area contributed by atoms with E-state index in [-0.39, 0.29) is 18.0 Å². The Morgan fingerprint density at radius 2 is 2.00 bits per heavy atom. The van der Waals surface area contributed by atoms with Gasteiger partial charge in [0.2, 0.25) is 5.91 Å². The number of carbonyl (C=O) groups is 1. The summed E-state index contributed by atoms with van der Waals surface area (Å²) in [5, 5.41) is 3.31. The van der Waals surface area contributed by atoms with Gasteiger partial charge in [-0.15, -0.1) is 0 Å². The number of hydrogen-bond donors (Lipinski definition) is 1. The molecule has 1 heterocycles. The van der Waals surface area contributed by atoms with Crippen LogP contribution in [0.3, 0.4) is 0 Å². The Hall–Kier alpha value is -1.35.